The first-order valence-electron chi connectivity index (χ1n) is 5.11. The fourth-order valence-electron chi connectivity index (χ4n) is 1.19. The number of hydrogen-bond acceptors (Lipinski definition) is 3. The molecule has 0 spiro atoms. The number of benzene rings is 1. The fourth-order valence-corrected chi connectivity index (χ4v) is 1.61. The first-order chi connectivity index (χ1) is 7.62. The van der Waals surface area contributed by atoms with E-state index in [0.29, 0.717) is 21.5 Å². The van der Waals surface area contributed by atoms with Gasteiger partial charge >= 0.3 is 0 Å². The van der Waals surface area contributed by atoms with Crippen LogP contribution in [0.5, 0.6) is 11.5 Å². The van der Waals surface area contributed by atoms with Crippen LogP contribution in [0.2, 0.25) is 0 Å². The van der Waals surface area contributed by atoms with Crippen molar-refractivity contribution in [3.05, 3.63) is 22.2 Å². The van der Waals surface area contributed by atoms with Crippen molar-refractivity contribution in [3.8, 4) is 11.5 Å². The molecule has 0 N–H and O–H groups in total. The van der Waals surface area contributed by atoms with Crippen LogP contribution in [-0.2, 0) is 0 Å². The molecule has 0 aliphatic rings. The van der Waals surface area contributed by atoms with Gasteiger partial charge < -0.3 is 9.47 Å². The van der Waals surface area contributed by atoms with Gasteiger partial charge in [0.05, 0.1) is 13.2 Å². The third-order valence-electron chi connectivity index (χ3n) is 2.31. The summed E-state index contributed by atoms with van der Waals surface area (Å²) in [6, 6.07) is 3.42. The molecule has 0 aromatic heterocycles. The minimum Gasteiger partial charge on any atom is -0.493 e. The average Bonchev–Trinajstić information content (AvgIpc) is 2.29. The number of methoxy groups -OCH3 is 1. The van der Waals surface area contributed by atoms with Gasteiger partial charge in [0.1, 0.15) is 0 Å². The van der Waals surface area contributed by atoms with E-state index in [1.54, 1.807) is 19.2 Å². The summed E-state index contributed by atoms with van der Waals surface area (Å²) >= 11 is 3.32. The smallest absolute Gasteiger partial charge is 0.162 e. The lowest BCUT2D eigenvalue weighted by atomic mass is 10.2. The lowest BCUT2D eigenvalue weighted by Gasteiger charge is -2.16. The van der Waals surface area contributed by atoms with Gasteiger partial charge in [0.2, 0.25) is 0 Å². The van der Waals surface area contributed by atoms with Crippen LogP contribution in [0.1, 0.15) is 30.6 Å². The quantitative estimate of drug-likeness (QED) is 0.778. The van der Waals surface area contributed by atoms with E-state index in [1.165, 1.54) is 0 Å². The number of rotatable bonds is 5. The van der Waals surface area contributed by atoms with Gasteiger partial charge in [-0.05, 0) is 41.4 Å². The highest BCUT2D eigenvalue weighted by atomic mass is 79.9. The third kappa shape index (κ3) is 2.98. The first kappa shape index (κ1) is 13.0. The van der Waals surface area contributed by atoms with Gasteiger partial charge in [-0.2, -0.15) is 0 Å². The van der Waals surface area contributed by atoms with Crippen LogP contribution < -0.4 is 9.47 Å². The van der Waals surface area contributed by atoms with Crippen molar-refractivity contribution in [1.82, 2.24) is 0 Å². The van der Waals surface area contributed by atoms with E-state index in [0.717, 1.165) is 12.7 Å². The lowest BCUT2D eigenvalue weighted by Crippen LogP contribution is -2.10. The van der Waals surface area contributed by atoms with E-state index >= 15 is 0 Å². The van der Waals surface area contributed by atoms with Gasteiger partial charge in [-0.1, -0.05) is 6.92 Å². The molecular formula is C12H15BrO3. The molecule has 0 fully saturated rings. The summed E-state index contributed by atoms with van der Waals surface area (Å²) in [4.78, 5) is 10.8. The van der Waals surface area contributed by atoms with Gasteiger partial charge in [0, 0.05) is 10.0 Å². The van der Waals surface area contributed by atoms with E-state index in [9.17, 15) is 4.79 Å². The van der Waals surface area contributed by atoms with Crippen molar-refractivity contribution in [3.63, 3.8) is 0 Å². The maximum atomic E-state index is 10.8. The molecule has 16 heavy (non-hydrogen) atoms. The van der Waals surface area contributed by atoms with Crippen molar-refractivity contribution in [1.29, 1.82) is 0 Å². The van der Waals surface area contributed by atoms with Crippen LogP contribution in [0.25, 0.3) is 0 Å². The third-order valence-corrected chi connectivity index (χ3v) is 3.00. The van der Waals surface area contributed by atoms with E-state index in [2.05, 4.69) is 15.9 Å². The van der Waals surface area contributed by atoms with Crippen molar-refractivity contribution in [2.75, 3.05) is 7.11 Å². The predicted octanol–water partition coefficient (Wildman–Crippen LogP) is 3.45. The Labute approximate surface area is 104 Å². The van der Waals surface area contributed by atoms with Crippen molar-refractivity contribution in [2.24, 2.45) is 0 Å². The molecule has 0 aliphatic carbocycles. The second kappa shape index (κ2) is 5.89. The Kier molecular flexibility index (Phi) is 4.80. The number of carbonyl (C=O) groups excluding carboxylic acids is 1. The topological polar surface area (TPSA) is 35.5 Å². The highest BCUT2D eigenvalue weighted by Crippen LogP contribution is 2.33. The van der Waals surface area contributed by atoms with Crippen LogP contribution in [0, 0.1) is 0 Å². The van der Waals surface area contributed by atoms with Gasteiger partial charge in [-0.3, -0.25) is 4.79 Å². The standard InChI is InChI=1S/C12H15BrO3/c1-4-8(2)16-12-6-10(13)9(7-14)5-11(12)15-3/h5-8H,4H2,1-3H3/t8-/m0/s1. The molecule has 0 saturated heterocycles. The summed E-state index contributed by atoms with van der Waals surface area (Å²) < 4.78 is 11.6. The highest BCUT2D eigenvalue weighted by molar-refractivity contribution is 9.10. The Balaban J connectivity index is 3.07. The molecule has 0 heterocycles. The highest BCUT2D eigenvalue weighted by Gasteiger charge is 2.11. The number of ether oxygens (including phenoxy) is 2. The molecule has 3 nitrogen and oxygen atoms in total. The molecule has 0 unspecified atom stereocenters. The van der Waals surface area contributed by atoms with Crippen LogP contribution in [0.3, 0.4) is 0 Å². The zero-order valence-electron chi connectivity index (χ0n) is 9.62. The maximum Gasteiger partial charge on any atom is 0.162 e. The Morgan fingerprint density at radius 1 is 1.44 bits per heavy atom. The second-order valence-electron chi connectivity index (χ2n) is 3.48. The van der Waals surface area contributed by atoms with Crippen LogP contribution in [0.15, 0.2) is 16.6 Å². The monoisotopic (exact) mass is 286 g/mol. The molecular weight excluding hydrogens is 272 g/mol. The van der Waals surface area contributed by atoms with Crippen molar-refractivity contribution in [2.45, 2.75) is 26.4 Å². The number of carbonyl (C=O) groups is 1. The minimum absolute atomic E-state index is 0.114. The SMILES string of the molecule is CC[C@H](C)Oc1cc(Br)c(C=O)cc1OC. The summed E-state index contributed by atoms with van der Waals surface area (Å²) in [7, 11) is 1.56. The maximum absolute atomic E-state index is 10.8. The Morgan fingerprint density at radius 3 is 2.62 bits per heavy atom. The molecule has 0 amide bonds. The van der Waals surface area contributed by atoms with Gasteiger partial charge in [0.25, 0.3) is 0 Å². The molecule has 0 saturated carbocycles. The Hall–Kier alpha value is -1.03. The fraction of sp³-hybridized carbons (Fsp3) is 0.417. The zero-order chi connectivity index (χ0) is 12.1. The lowest BCUT2D eigenvalue weighted by molar-refractivity contribution is 0.112. The van der Waals surface area contributed by atoms with Crippen molar-refractivity contribution < 1.29 is 14.3 Å². The molecule has 1 aromatic rings. The van der Waals surface area contributed by atoms with Crippen molar-refractivity contribution >= 4 is 22.2 Å². The van der Waals surface area contributed by atoms with Crippen LogP contribution in [0.4, 0.5) is 0 Å². The summed E-state index contributed by atoms with van der Waals surface area (Å²) in [5, 5.41) is 0. The van der Waals surface area contributed by atoms with E-state index in [4.69, 9.17) is 9.47 Å². The molecule has 4 heteroatoms. The number of aldehydes is 1. The van der Waals surface area contributed by atoms with Crippen LogP contribution >= 0.6 is 15.9 Å². The number of halogens is 1. The molecule has 1 aromatic carbocycles. The summed E-state index contributed by atoms with van der Waals surface area (Å²) in [6.07, 6.45) is 1.80. The molecule has 88 valence electrons. The average molecular weight is 287 g/mol. The van der Waals surface area contributed by atoms with Gasteiger partial charge in [0.15, 0.2) is 17.8 Å². The first-order valence-corrected chi connectivity index (χ1v) is 5.91. The molecule has 1 atom stereocenters. The second-order valence-corrected chi connectivity index (χ2v) is 4.33. The molecule has 0 radical (unpaired) electrons. The minimum atomic E-state index is 0.114. The largest absolute Gasteiger partial charge is 0.493 e. The molecule has 0 bridgehead atoms. The molecule has 1 rings (SSSR count). The van der Waals surface area contributed by atoms with Gasteiger partial charge in [-0.15, -0.1) is 0 Å². The summed E-state index contributed by atoms with van der Waals surface area (Å²) in [5.41, 5.74) is 0.549. The predicted molar refractivity (Wildman–Crippen MR) is 66.5 cm³/mol. The van der Waals surface area contributed by atoms with Gasteiger partial charge in [-0.25, -0.2) is 0 Å². The zero-order valence-corrected chi connectivity index (χ0v) is 11.2. The van der Waals surface area contributed by atoms with Crippen LogP contribution in [-0.4, -0.2) is 19.5 Å². The van der Waals surface area contributed by atoms with E-state index in [1.807, 2.05) is 13.8 Å². The Morgan fingerprint density at radius 2 is 2.12 bits per heavy atom. The summed E-state index contributed by atoms with van der Waals surface area (Å²) in [6.45, 7) is 4.03. The normalized spacial score (nSPS) is 12.0. The van der Waals surface area contributed by atoms with E-state index < -0.39 is 0 Å². The van der Waals surface area contributed by atoms with E-state index in [-0.39, 0.29) is 6.10 Å². The molecule has 0 aliphatic heterocycles. The number of hydrogen-bond donors (Lipinski definition) is 0. The Bertz CT molecular complexity index is 377. The summed E-state index contributed by atoms with van der Waals surface area (Å²) in [5.74, 6) is 1.22.